The van der Waals surface area contributed by atoms with Crippen LogP contribution in [0.3, 0.4) is 0 Å². The average molecular weight is 300 g/mol. The van der Waals surface area contributed by atoms with Crippen molar-refractivity contribution in [3.8, 4) is 0 Å². The highest BCUT2D eigenvalue weighted by molar-refractivity contribution is 7.89. The fourth-order valence-electron chi connectivity index (χ4n) is 1.46. The molecule has 1 rings (SSSR count). The Morgan fingerprint density at radius 3 is 2.53 bits per heavy atom. The first-order valence-electron chi connectivity index (χ1n) is 5.51. The van der Waals surface area contributed by atoms with Crippen LogP contribution in [-0.2, 0) is 16.6 Å². The lowest BCUT2D eigenvalue weighted by molar-refractivity contribution is -0.135. The van der Waals surface area contributed by atoms with Crippen molar-refractivity contribution < 1.29 is 26.0 Å². The second-order valence-electron chi connectivity index (χ2n) is 3.95. The van der Waals surface area contributed by atoms with Crippen molar-refractivity contribution in [3.05, 3.63) is 17.6 Å². The number of halogens is 3. The van der Waals surface area contributed by atoms with Gasteiger partial charge in [0.15, 0.2) is 0 Å². The van der Waals surface area contributed by atoms with Gasteiger partial charge >= 0.3 is 6.18 Å². The Morgan fingerprint density at radius 2 is 2.05 bits per heavy atom. The Morgan fingerprint density at radius 1 is 1.42 bits per heavy atom. The molecule has 0 amide bonds. The van der Waals surface area contributed by atoms with Crippen molar-refractivity contribution in [1.29, 1.82) is 0 Å². The lowest BCUT2D eigenvalue weighted by Crippen LogP contribution is -2.26. The Hall–Kier alpha value is -1.06. The average Bonchev–Trinajstić information content (AvgIpc) is 2.66. The molecule has 1 aromatic heterocycles. The van der Waals surface area contributed by atoms with Gasteiger partial charge in [0, 0.05) is 19.0 Å². The first-order chi connectivity index (χ1) is 8.65. The first-order valence-corrected chi connectivity index (χ1v) is 7.00. The van der Waals surface area contributed by atoms with Gasteiger partial charge < -0.3 is 10.2 Å². The van der Waals surface area contributed by atoms with Crippen LogP contribution in [0.2, 0.25) is 0 Å². The minimum Gasteiger partial charge on any atom is -0.464 e. The third kappa shape index (κ3) is 4.84. The predicted molar refractivity (Wildman–Crippen MR) is 61.8 cm³/mol. The zero-order valence-electron chi connectivity index (χ0n) is 10.3. The van der Waals surface area contributed by atoms with Gasteiger partial charge in [-0.2, -0.15) is 13.2 Å². The standard InChI is InChI=1S/C10H15F3N2O3S/c1-7-9(5-8(6-14)18-7)19(16,17)15-4-2-3-10(11,12)13/h5,15H,2-4,6,14H2,1H3. The van der Waals surface area contributed by atoms with Gasteiger partial charge in [-0.05, 0) is 13.3 Å². The summed E-state index contributed by atoms with van der Waals surface area (Å²) >= 11 is 0. The minimum absolute atomic E-state index is 0.0461. The normalized spacial score (nSPS) is 12.9. The SMILES string of the molecule is Cc1oc(CN)cc1S(=O)(=O)NCCCC(F)(F)F. The van der Waals surface area contributed by atoms with Crippen LogP contribution >= 0.6 is 0 Å². The Labute approximate surface area is 109 Å². The molecular weight excluding hydrogens is 285 g/mol. The van der Waals surface area contributed by atoms with Gasteiger partial charge in [0.2, 0.25) is 10.0 Å². The second kappa shape index (κ2) is 5.93. The molecular formula is C10H15F3N2O3S. The lowest BCUT2D eigenvalue weighted by Gasteiger charge is -2.07. The van der Waals surface area contributed by atoms with E-state index in [0.29, 0.717) is 5.76 Å². The number of aryl methyl sites for hydroxylation is 1. The van der Waals surface area contributed by atoms with Crippen molar-refractivity contribution in [1.82, 2.24) is 4.72 Å². The molecule has 1 aromatic rings. The van der Waals surface area contributed by atoms with Crippen LogP contribution in [0.25, 0.3) is 0 Å². The lowest BCUT2D eigenvalue weighted by atomic mass is 10.3. The molecule has 5 nitrogen and oxygen atoms in total. The van der Waals surface area contributed by atoms with Gasteiger partial charge in [0.05, 0.1) is 6.54 Å². The van der Waals surface area contributed by atoms with Gasteiger partial charge in [-0.1, -0.05) is 0 Å². The van der Waals surface area contributed by atoms with Crippen LogP contribution in [0.15, 0.2) is 15.4 Å². The highest BCUT2D eigenvalue weighted by atomic mass is 32.2. The number of hydrogen-bond donors (Lipinski definition) is 2. The van der Waals surface area contributed by atoms with Crippen LogP contribution < -0.4 is 10.5 Å². The highest BCUT2D eigenvalue weighted by Gasteiger charge is 2.27. The molecule has 0 aliphatic carbocycles. The zero-order valence-corrected chi connectivity index (χ0v) is 11.1. The van der Waals surface area contributed by atoms with Gasteiger partial charge in [0.25, 0.3) is 0 Å². The summed E-state index contributed by atoms with van der Waals surface area (Å²) in [6, 6.07) is 1.27. The summed E-state index contributed by atoms with van der Waals surface area (Å²) < 4.78 is 66.5. The monoisotopic (exact) mass is 300 g/mol. The zero-order chi connectivity index (χ0) is 14.7. The van der Waals surface area contributed by atoms with Crippen LogP contribution in [0.5, 0.6) is 0 Å². The molecule has 0 saturated heterocycles. The third-order valence-corrected chi connectivity index (χ3v) is 3.91. The van der Waals surface area contributed by atoms with E-state index in [1.165, 1.54) is 13.0 Å². The van der Waals surface area contributed by atoms with E-state index in [0.717, 1.165) is 0 Å². The molecule has 0 aromatic carbocycles. The predicted octanol–water partition coefficient (Wildman–Crippen LogP) is 1.67. The van der Waals surface area contributed by atoms with E-state index in [2.05, 4.69) is 4.72 Å². The van der Waals surface area contributed by atoms with E-state index in [9.17, 15) is 21.6 Å². The maximum Gasteiger partial charge on any atom is 0.389 e. The maximum absolute atomic E-state index is 11.9. The summed E-state index contributed by atoms with van der Waals surface area (Å²) in [4.78, 5) is -0.0973. The fraction of sp³-hybridized carbons (Fsp3) is 0.600. The van der Waals surface area contributed by atoms with E-state index in [1.54, 1.807) is 0 Å². The Bertz CT molecular complexity index is 523. The number of nitrogens with two attached hydrogens (primary N) is 1. The molecule has 1 heterocycles. The van der Waals surface area contributed by atoms with Crippen molar-refractivity contribution in [3.63, 3.8) is 0 Å². The van der Waals surface area contributed by atoms with Crippen molar-refractivity contribution in [2.75, 3.05) is 6.54 Å². The summed E-state index contributed by atoms with van der Waals surface area (Å²) in [6.45, 7) is 1.21. The molecule has 3 N–H and O–H groups in total. The second-order valence-corrected chi connectivity index (χ2v) is 5.69. The molecule has 19 heavy (non-hydrogen) atoms. The van der Waals surface area contributed by atoms with Gasteiger partial charge in [-0.3, -0.25) is 0 Å². The molecule has 0 aliphatic heterocycles. The topological polar surface area (TPSA) is 85.3 Å². The van der Waals surface area contributed by atoms with Crippen LogP contribution in [0, 0.1) is 6.92 Å². The van der Waals surface area contributed by atoms with E-state index in [1.807, 2.05) is 0 Å². The maximum atomic E-state index is 11.9. The number of hydrogen-bond acceptors (Lipinski definition) is 4. The molecule has 0 atom stereocenters. The summed E-state index contributed by atoms with van der Waals surface area (Å²) in [5.74, 6) is 0.455. The molecule has 0 radical (unpaired) electrons. The molecule has 0 spiro atoms. The summed E-state index contributed by atoms with van der Waals surface area (Å²) in [5.41, 5.74) is 5.31. The van der Waals surface area contributed by atoms with Gasteiger partial charge in [0.1, 0.15) is 16.4 Å². The number of sulfonamides is 1. The third-order valence-electron chi connectivity index (χ3n) is 2.34. The molecule has 0 fully saturated rings. The first kappa shape index (κ1) is 16.0. The van der Waals surface area contributed by atoms with Crippen LogP contribution in [-0.4, -0.2) is 21.1 Å². The number of rotatable bonds is 6. The quantitative estimate of drug-likeness (QED) is 0.783. The molecule has 0 bridgehead atoms. The van der Waals surface area contributed by atoms with Gasteiger partial charge in [-0.15, -0.1) is 0 Å². The number of furan rings is 1. The van der Waals surface area contributed by atoms with Crippen molar-refractivity contribution in [2.24, 2.45) is 5.73 Å². The van der Waals surface area contributed by atoms with Crippen molar-refractivity contribution in [2.45, 2.75) is 37.4 Å². The molecule has 110 valence electrons. The fourth-order valence-corrected chi connectivity index (χ4v) is 2.74. The Kier molecular flexibility index (Phi) is 4.99. The summed E-state index contributed by atoms with van der Waals surface area (Å²) in [7, 11) is -3.86. The van der Waals surface area contributed by atoms with Crippen LogP contribution in [0.1, 0.15) is 24.4 Å². The van der Waals surface area contributed by atoms with E-state index < -0.39 is 22.6 Å². The molecule has 0 aliphatic rings. The number of alkyl halides is 3. The minimum atomic E-state index is -4.29. The van der Waals surface area contributed by atoms with Crippen molar-refractivity contribution >= 4 is 10.0 Å². The summed E-state index contributed by atoms with van der Waals surface area (Å²) in [6.07, 6.45) is -5.64. The van der Waals surface area contributed by atoms with E-state index in [-0.39, 0.29) is 30.2 Å². The molecule has 9 heteroatoms. The van der Waals surface area contributed by atoms with Crippen LogP contribution in [0.4, 0.5) is 13.2 Å². The van der Waals surface area contributed by atoms with Gasteiger partial charge in [-0.25, -0.2) is 13.1 Å². The molecule has 0 saturated carbocycles. The summed E-state index contributed by atoms with van der Waals surface area (Å²) in [5, 5.41) is 0. The largest absolute Gasteiger partial charge is 0.464 e. The Balaban J connectivity index is 2.63. The number of nitrogens with one attached hydrogen (secondary N) is 1. The molecule has 0 unspecified atom stereocenters. The smallest absolute Gasteiger partial charge is 0.389 e. The van der Waals surface area contributed by atoms with E-state index in [4.69, 9.17) is 10.2 Å². The highest BCUT2D eigenvalue weighted by Crippen LogP contribution is 2.22. The van der Waals surface area contributed by atoms with E-state index >= 15 is 0 Å².